The van der Waals surface area contributed by atoms with Gasteiger partial charge in [-0.1, -0.05) is 22.0 Å². The number of carbonyl (C=O) groups excluding carboxylic acids is 1. The van der Waals surface area contributed by atoms with E-state index < -0.39 is 31.3 Å². The van der Waals surface area contributed by atoms with E-state index in [0.717, 1.165) is 0 Å². The molecule has 0 aliphatic carbocycles. The van der Waals surface area contributed by atoms with Crippen molar-refractivity contribution in [1.82, 2.24) is 0 Å². The van der Waals surface area contributed by atoms with E-state index in [1.165, 1.54) is 25.3 Å². The van der Waals surface area contributed by atoms with E-state index in [1.54, 1.807) is 0 Å². The van der Waals surface area contributed by atoms with Crippen molar-refractivity contribution < 1.29 is 36.2 Å². The number of carbonyl (C=O) groups is 1. The first-order chi connectivity index (χ1) is 9.58. The summed E-state index contributed by atoms with van der Waals surface area (Å²) in [6, 6.07) is 4.06. The van der Waals surface area contributed by atoms with Crippen LogP contribution in [-0.4, -0.2) is 31.8 Å². The van der Waals surface area contributed by atoms with Crippen molar-refractivity contribution >= 4 is 21.9 Å². The Kier molecular flexibility index (Phi) is 5.68. The summed E-state index contributed by atoms with van der Waals surface area (Å²) in [5.74, 6) is -5.52. The Morgan fingerprint density at radius 1 is 1.24 bits per heavy atom. The first-order valence-corrected chi connectivity index (χ1v) is 6.27. The summed E-state index contributed by atoms with van der Waals surface area (Å²) < 4.78 is 70.3. The molecule has 0 heterocycles. The summed E-state index contributed by atoms with van der Waals surface area (Å²) in [6.45, 7) is -2.24. The SMILES string of the molecule is COC(=O)c1ccc(COCC(F)(F)C(F)(F)F)c(Br)c1. The van der Waals surface area contributed by atoms with Gasteiger partial charge >= 0.3 is 18.1 Å². The van der Waals surface area contributed by atoms with Gasteiger partial charge in [0.1, 0.15) is 6.61 Å². The zero-order valence-electron chi connectivity index (χ0n) is 10.6. The van der Waals surface area contributed by atoms with Gasteiger partial charge in [-0.25, -0.2) is 4.79 Å². The fourth-order valence-corrected chi connectivity index (χ4v) is 1.77. The lowest BCUT2D eigenvalue weighted by molar-refractivity contribution is -0.297. The second-order valence-corrected chi connectivity index (χ2v) is 4.85. The Balaban J connectivity index is 2.67. The quantitative estimate of drug-likeness (QED) is 0.576. The van der Waals surface area contributed by atoms with Gasteiger partial charge in [-0.15, -0.1) is 0 Å². The molecule has 0 unspecified atom stereocenters. The molecule has 1 aromatic carbocycles. The Morgan fingerprint density at radius 3 is 2.33 bits per heavy atom. The number of benzene rings is 1. The summed E-state index contributed by atoms with van der Waals surface area (Å²) in [4.78, 5) is 11.2. The minimum Gasteiger partial charge on any atom is -0.465 e. The molecule has 1 aromatic rings. The lowest BCUT2D eigenvalue weighted by Crippen LogP contribution is -2.40. The van der Waals surface area contributed by atoms with Gasteiger partial charge in [0.25, 0.3) is 0 Å². The summed E-state index contributed by atoms with van der Waals surface area (Å²) in [5, 5.41) is 0. The molecular formula is C12H10BrF5O3. The highest BCUT2D eigenvalue weighted by molar-refractivity contribution is 9.10. The zero-order valence-corrected chi connectivity index (χ0v) is 12.2. The van der Waals surface area contributed by atoms with Crippen molar-refractivity contribution in [3.8, 4) is 0 Å². The molecule has 0 aliphatic rings. The zero-order chi connectivity index (χ0) is 16.3. The second kappa shape index (κ2) is 6.69. The number of halogens is 6. The van der Waals surface area contributed by atoms with Crippen molar-refractivity contribution in [2.24, 2.45) is 0 Å². The number of hydrogen-bond donors (Lipinski definition) is 0. The van der Waals surface area contributed by atoms with E-state index in [4.69, 9.17) is 0 Å². The molecule has 0 fully saturated rings. The topological polar surface area (TPSA) is 35.5 Å². The van der Waals surface area contributed by atoms with Crippen molar-refractivity contribution in [1.29, 1.82) is 0 Å². The van der Waals surface area contributed by atoms with Crippen LogP contribution in [0.3, 0.4) is 0 Å². The highest BCUT2D eigenvalue weighted by Crippen LogP contribution is 2.35. The Morgan fingerprint density at radius 2 is 1.86 bits per heavy atom. The lowest BCUT2D eigenvalue weighted by Gasteiger charge is -2.19. The van der Waals surface area contributed by atoms with Crippen LogP contribution in [0, 0.1) is 0 Å². The van der Waals surface area contributed by atoms with Gasteiger partial charge in [0.2, 0.25) is 0 Å². The van der Waals surface area contributed by atoms with Crippen LogP contribution in [0.1, 0.15) is 15.9 Å². The predicted octanol–water partition coefficient (Wildman–Crippen LogP) is 3.95. The molecule has 3 nitrogen and oxygen atoms in total. The Hall–Kier alpha value is -1.22. The molecule has 1 rings (SSSR count). The van der Waals surface area contributed by atoms with E-state index in [1.807, 2.05) is 0 Å². The number of alkyl halides is 5. The fourth-order valence-electron chi connectivity index (χ4n) is 1.28. The minimum atomic E-state index is -5.65. The van der Waals surface area contributed by atoms with E-state index in [2.05, 4.69) is 25.4 Å². The largest absolute Gasteiger partial charge is 0.465 e. The fraction of sp³-hybridized carbons (Fsp3) is 0.417. The van der Waals surface area contributed by atoms with Crippen LogP contribution >= 0.6 is 15.9 Å². The maximum Gasteiger partial charge on any atom is 0.455 e. The molecule has 0 bridgehead atoms. The number of rotatable bonds is 5. The highest BCUT2D eigenvalue weighted by atomic mass is 79.9. The predicted molar refractivity (Wildman–Crippen MR) is 66.1 cm³/mol. The molecule has 21 heavy (non-hydrogen) atoms. The van der Waals surface area contributed by atoms with Crippen LogP contribution in [0.15, 0.2) is 22.7 Å². The van der Waals surface area contributed by atoms with Crippen LogP contribution in [-0.2, 0) is 16.1 Å². The monoisotopic (exact) mass is 376 g/mol. The van der Waals surface area contributed by atoms with Gasteiger partial charge in [-0.05, 0) is 17.7 Å². The molecule has 0 aromatic heterocycles. The highest BCUT2D eigenvalue weighted by Gasteiger charge is 2.57. The normalized spacial score (nSPS) is 12.3. The van der Waals surface area contributed by atoms with E-state index >= 15 is 0 Å². The summed E-state index contributed by atoms with van der Waals surface area (Å²) >= 11 is 3.07. The van der Waals surface area contributed by atoms with Crippen molar-refractivity contribution in [3.63, 3.8) is 0 Å². The molecule has 0 N–H and O–H groups in total. The average molecular weight is 377 g/mol. The molecular weight excluding hydrogens is 367 g/mol. The smallest absolute Gasteiger partial charge is 0.455 e. The molecule has 0 saturated heterocycles. The number of methoxy groups -OCH3 is 1. The lowest BCUT2D eigenvalue weighted by atomic mass is 10.1. The van der Waals surface area contributed by atoms with Crippen molar-refractivity contribution in [2.45, 2.75) is 18.7 Å². The van der Waals surface area contributed by atoms with E-state index in [9.17, 15) is 26.7 Å². The molecule has 0 saturated carbocycles. The third kappa shape index (κ3) is 4.63. The molecule has 118 valence electrons. The van der Waals surface area contributed by atoms with Crippen LogP contribution in [0.25, 0.3) is 0 Å². The average Bonchev–Trinajstić information content (AvgIpc) is 2.38. The van der Waals surface area contributed by atoms with E-state index in [0.29, 0.717) is 10.0 Å². The van der Waals surface area contributed by atoms with Gasteiger partial charge in [-0.3, -0.25) is 0 Å². The summed E-state index contributed by atoms with van der Waals surface area (Å²) in [6.07, 6.45) is -5.65. The molecule has 0 aliphatic heterocycles. The third-order valence-electron chi connectivity index (χ3n) is 2.43. The second-order valence-electron chi connectivity index (χ2n) is 3.99. The first-order valence-electron chi connectivity index (χ1n) is 5.47. The maximum absolute atomic E-state index is 12.6. The number of ether oxygens (including phenoxy) is 2. The molecule has 0 radical (unpaired) electrons. The van der Waals surface area contributed by atoms with Gasteiger partial charge in [0.05, 0.1) is 19.3 Å². The van der Waals surface area contributed by atoms with Crippen LogP contribution in [0.2, 0.25) is 0 Å². The molecule has 0 spiro atoms. The minimum absolute atomic E-state index is 0.203. The van der Waals surface area contributed by atoms with Gasteiger partial charge < -0.3 is 9.47 Å². The van der Waals surface area contributed by atoms with Crippen LogP contribution < -0.4 is 0 Å². The van der Waals surface area contributed by atoms with Crippen LogP contribution in [0.4, 0.5) is 22.0 Å². The molecule has 0 amide bonds. The summed E-state index contributed by atoms with van der Waals surface area (Å²) in [7, 11) is 1.19. The van der Waals surface area contributed by atoms with Crippen LogP contribution in [0.5, 0.6) is 0 Å². The standard InChI is InChI=1S/C12H10BrF5O3/c1-20-10(19)7-2-3-8(9(13)4-7)5-21-6-11(14,15)12(16,17)18/h2-4H,5-6H2,1H3. The van der Waals surface area contributed by atoms with Gasteiger partial charge in [-0.2, -0.15) is 22.0 Å². The van der Waals surface area contributed by atoms with Crippen molar-refractivity contribution in [3.05, 3.63) is 33.8 Å². The first kappa shape index (κ1) is 17.8. The van der Waals surface area contributed by atoms with Gasteiger partial charge in [0.15, 0.2) is 0 Å². The van der Waals surface area contributed by atoms with Gasteiger partial charge in [0, 0.05) is 4.47 Å². The summed E-state index contributed by atoms with van der Waals surface area (Å²) in [5.41, 5.74) is 0.523. The third-order valence-corrected chi connectivity index (χ3v) is 3.17. The number of esters is 1. The molecule has 0 atom stereocenters. The number of hydrogen-bond acceptors (Lipinski definition) is 3. The maximum atomic E-state index is 12.6. The molecule has 9 heteroatoms. The Bertz CT molecular complexity index is 516. The van der Waals surface area contributed by atoms with Crippen molar-refractivity contribution in [2.75, 3.05) is 13.7 Å². The Labute approximate surface area is 125 Å². The van der Waals surface area contributed by atoms with E-state index in [-0.39, 0.29) is 5.56 Å².